The number of rotatable bonds is 5. The SMILES string of the molecule is Cc1ccn(CC(=O)N(C)CC2CC(=O)N(C3CCCC3)C2)n1. The van der Waals surface area contributed by atoms with Crippen LogP contribution < -0.4 is 0 Å². The van der Waals surface area contributed by atoms with Crippen molar-refractivity contribution in [3.05, 3.63) is 18.0 Å². The number of likely N-dealkylation sites (tertiary alicyclic amines) is 1. The molecule has 0 spiro atoms. The van der Waals surface area contributed by atoms with Crippen LogP contribution in [0.2, 0.25) is 0 Å². The predicted molar refractivity (Wildman–Crippen MR) is 86.7 cm³/mol. The molecule has 2 amide bonds. The fourth-order valence-electron chi connectivity index (χ4n) is 3.80. The molecule has 2 heterocycles. The Hall–Kier alpha value is -1.85. The average Bonchev–Trinajstić information content (AvgIpc) is 3.21. The summed E-state index contributed by atoms with van der Waals surface area (Å²) >= 11 is 0. The highest BCUT2D eigenvalue weighted by molar-refractivity contribution is 5.79. The molecule has 1 atom stereocenters. The van der Waals surface area contributed by atoms with E-state index in [-0.39, 0.29) is 24.3 Å². The fourth-order valence-corrected chi connectivity index (χ4v) is 3.80. The number of amides is 2. The Morgan fingerprint density at radius 3 is 2.78 bits per heavy atom. The monoisotopic (exact) mass is 318 g/mol. The van der Waals surface area contributed by atoms with E-state index >= 15 is 0 Å². The Morgan fingerprint density at radius 2 is 2.13 bits per heavy atom. The highest BCUT2D eigenvalue weighted by Crippen LogP contribution is 2.29. The lowest BCUT2D eigenvalue weighted by Gasteiger charge is -2.25. The van der Waals surface area contributed by atoms with Crippen molar-refractivity contribution in [2.45, 2.75) is 51.6 Å². The number of carbonyl (C=O) groups is 2. The summed E-state index contributed by atoms with van der Waals surface area (Å²) in [5.74, 6) is 0.571. The van der Waals surface area contributed by atoms with Crippen LogP contribution >= 0.6 is 0 Å². The number of nitrogens with zero attached hydrogens (tertiary/aromatic N) is 4. The molecule has 1 saturated heterocycles. The van der Waals surface area contributed by atoms with Crippen molar-refractivity contribution in [2.24, 2.45) is 5.92 Å². The minimum Gasteiger partial charge on any atom is -0.344 e. The molecule has 0 aromatic carbocycles. The van der Waals surface area contributed by atoms with Gasteiger partial charge < -0.3 is 9.80 Å². The molecular weight excluding hydrogens is 292 g/mol. The van der Waals surface area contributed by atoms with Crippen LogP contribution in [0.15, 0.2) is 12.3 Å². The molecule has 2 aliphatic rings. The first-order valence-corrected chi connectivity index (χ1v) is 8.56. The molecule has 1 aromatic rings. The summed E-state index contributed by atoms with van der Waals surface area (Å²) in [6, 6.07) is 2.34. The first kappa shape index (κ1) is 16.0. The average molecular weight is 318 g/mol. The molecule has 1 saturated carbocycles. The fraction of sp³-hybridized carbons (Fsp3) is 0.706. The number of aryl methyl sites for hydroxylation is 1. The van der Waals surface area contributed by atoms with E-state index in [4.69, 9.17) is 0 Å². The first-order chi connectivity index (χ1) is 11.0. The van der Waals surface area contributed by atoms with E-state index in [1.165, 1.54) is 12.8 Å². The van der Waals surface area contributed by atoms with E-state index in [1.54, 1.807) is 9.58 Å². The zero-order chi connectivity index (χ0) is 16.4. The number of aromatic nitrogens is 2. The van der Waals surface area contributed by atoms with Crippen LogP contribution in [0.5, 0.6) is 0 Å². The van der Waals surface area contributed by atoms with Crippen molar-refractivity contribution in [3.63, 3.8) is 0 Å². The minimum atomic E-state index is 0.0415. The molecule has 6 nitrogen and oxygen atoms in total. The van der Waals surface area contributed by atoms with E-state index in [0.29, 0.717) is 19.0 Å². The van der Waals surface area contributed by atoms with Crippen LogP contribution in [0.1, 0.15) is 37.8 Å². The van der Waals surface area contributed by atoms with E-state index in [0.717, 1.165) is 25.1 Å². The quantitative estimate of drug-likeness (QED) is 0.825. The van der Waals surface area contributed by atoms with Crippen molar-refractivity contribution >= 4 is 11.8 Å². The van der Waals surface area contributed by atoms with Gasteiger partial charge in [0.25, 0.3) is 0 Å². The third-order valence-electron chi connectivity index (χ3n) is 5.03. The van der Waals surface area contributed by atoms with Gasteiger partial charge in [-0.05, 0) is 25.8 Å². The molecular formula is C17H26N4O2. The molecule has 1 aromatic heterocycles. The summed E-state index contributed by atoms with van der Waals surface area (Å²) in [4.78, 5) is 28.3. The molecule has 0 bridgehead atoms. The zero-order valence-electron chi connectivity index (χ0n) is 14.1. The summed E-state index contributed by atoms with van der Waals surface area (Å²) in [6.45, 7) is 3.62. The van der Waals surface area contributed by atoms with Gasteiger partial charge in [-0.1, -0.05) is 12.8 Å². The Balaban J connectivity index is 1.50. The van der Waals surface area contributed by atoms with E-state index in [9.17, 15) is 9.59 Å². The number of likely N-dealkylation sites (N-methyl/N-ethyl adjacent to an activating group) is 1. The normalized spacial score (nSPS) is 22.1. The van der Waals surface area contributed by atoms with Crippen molar-refractivity contribution in [2.75, 3.05) is 20.1 Å². The van der Waals surface area contributed by atoms with Gasteiger partial charge in [-0.2, -0.15) is 5.10 Å². The lowest BCUT2D eigenvalue weighted by Crippen LogP contribution is -2.37. The molecule has 1 aliphatic carbocycles. The van der Waals surface area contributed by atoms with E-state index < -0.39 is 0 Å². The highest BCUT2D eigenvalue weighted by atomic mass is 16.2. The van der Waals surface area contributed by atoms with E-state index in [2.05, 4.69) is 10.00 Å². The van der Waals surface area contributed by atoms with Gasteiger partial charge in [0.05, 0.1) is 5.69 Å². The molecule has 3 rings (SSSR count). The van der Waals surface area contributed by atoms with Crippen LogP contribution in [-0.2, 0) is 16.1 Å². The van der Waals surface area contributed by atoms with Gasteiger partial charge in [-0.3, -0.25) is 14.3 Å². The summed E-state index contributed by atoms with van der Waals surface area (Å²) in [7, 11) is 1.82. The van der Waals surface area contributed by atoms with Gasteiger partial charge in [0, 0.05) is 44.7 Å². The van der Waals surface area contributed by atoms with Crippen LogP contribution in [-0.4, -0.2) is 57.6 Å². The third kappa shape index (κ3) is 3.74. The van der Waals surface area contributed by atoms with Gasteiger partial charge in [-0.15, -0.1) is 0 Å². The zero-order valence-corrected chi connectivity index (χ0v) is 14.1. The van der Waals surface area contributed by atoms with Crippen molar-refractivity contribution in [1.82, 2.24) is 19.6 Å². The number of hydrogen-bond acceptors (Lipinski definition) is 3. The second-order valence-electron chi connectivity index (χ2n) is 6.98. The smallest absolute Gasteiger partial charge is 0.244 e. The molecule has 0 N–H and O–H groups in total. The standard InChI is InChI=1S/C17H26N4O2/c1-13-7-8-20(18-13)12-17(23)19(2)10-14-9-16(22)21(11-14)15-5-3-4-6-15/h7-8,14-15H,3-6,9-12H2,1-2H3. The molecule has 126 valence electrons. The minimum absolute atomic E-state index is 0.0415. The predicted octanol–water partition coefficient (Wildman–Crippen LogP) is 1.44. The maximum atomic E-state index is 12.3. The van der Waals surface area contributed by atoms with Gasteiger partial charge in [0.2, 0.25) is 11.8 Å². The van der Waals surface area contributed by atoms with Gasteiger partial charge in [0.1, 0.15) is 6.54 Å². The Bertz CT molecular complexity index is 577. The Kier molecular flexibility index (Phi) is 4.68. The third-order valence-corrected chi connectivity index (χ3v) is 5.03. The Morgan fingerprint density at radius 1 is 1.39 bits per heavy atom. The summed E-state index contributed by atoms with van der Waals surface area (Å²) < 4.78 is 1.67. The molecule has 2 fully saturated rings. The van der Waals surface area contributed by atoms with Crippen LogP contribution in [0.3, 0.4) is 0 Å². The molecule has 6 heteroatoms. The lowest BCUT2D eigenvalue weighted by molar-refractivity contribution is -0.132. The number of carbonyl (C=O) groups excluding carboxylic acids is 2. The van der Waals surface area contributed by atoms with Crippen LogP contribution in [0.4, 0.5) is 0 Å². The maximum absolute atomic E-state index is 12.3. The molecule has 1 unspecified atom stereocenters. The van der Waals surface area contributed by atoms with Gasteiger partial charge >= 0.3 is 0 Å². The maximum Gasteiger partial charge on any atom is 0.244 e. The summed E-state index contributed by atoms with van der Waals surface area (Å²) in [5.41, 5.74) is 0.911. The molecule has 23 heavy (non-hydrogen) atoms. The van der Waals surface area contributed by atoms with Crippen LogP contribution in [0.25, 0.3) is 0 Å². The largest absolute Gasteiger partial charge is 0.344 e. The van der Waals surface area contributed by atoms with Crippen molar-refractivity contribution < 1.29 is 9.59 Å². The molecule has 1 aliphatic heterocycles. The van der Waals surface area contributed by atoms with Crippen molar-refractivity contribution in [1.29, 1.82) is 0 Å². The lowest BCUT2D eigenvalue weighted by atomic mass is 10.1. The summed E-state index contributed by atoms with van der Waals surface area (Å²) in [6.07, 6.45) is 7.16. The summed E-state index contributed by atoms with van der Waals surface area (Å²) in [5, 5.41) is 4.25. The van der Waals surface area contributed by atoms with E-state index in [1.807, 2.05) is 26.2 Å². The Labute approximate surface area is 137 Å². The van der Waals surface area contributed by atoms with Crippen molar-refractivity contribution in [3.8, 4) is 0 Å². The molecule has 0 radical (unpaired) electrons. The number of hydrogen-bond donors (Lipinski definition) is 0. The van der Waals surface area contributed by atoms with Gasteiger partial charge in [-0.25, -0.2) is 0 Å². The first-order valence-electron chi connectivity index (χ1n) is 8.56. The highest BCUT2D eigenvalue weighted by Gasteiger charge is 2.36. The van der Waals surface area contributed by atoms with Crippen LogP contribution in [0, 0.1) is 12.8 Å². The topological polar surface area (TPSA) is 58.4 Å². The van der Waals surface area contributed by atoms with Gasteiger partial charge in [0.15, 0.2) is 0 Å². The second kappa shape index (κ2) is 6.72. The second-order valence-corrected chi connectivity index (χ2v) is 6.98.